The molecule has 3 heteroatoms. The van der Waals surface area contributed by atoms with Gasteiger partial charge < -0.3 is 5.32 Å². The van der Waals surface area contributed by atoms with Gasteiger partial charge in [0.05, 0.1) is 0 Å². The third kappa shape index (κ3) is 4.04. The highest BCUT2D eigenvalue weighted by atomic mass is 32.1. The zero-order valence-electron chi connectivity index (χ0n) is 12.7. The molecule has 108 valence electrons. The summed E-state index contributed by atoms with van der Waals surface area (Å²) in [6, 6.07) is 5.70. The highest BCUT2D eigenvalue weighted by Crippen LogP contribution is 2.35. The zero-order valence-corrected chi connectivity index (χ0v) is 13.5. The summed E-state index contributed by atoms with van der Waals surface area (Å²) in [7, 11) is 0. The summed E-state index contributed by atoms with van der Waals surface area (Å²) >= 11 is 1.91. The van der Waals surface area contributed by atoms with Crippen LogP contribution in [0.5, 0.6) is 0 Å². The van der Waals surface area contributed by atoms with Crippen molar-refractivity contribution in [3.05, 3.63) is 22.4 Å². The molecule has 1 saturated heterocycles. The number of rotatable bonds is 6. The molecule has 1 aliphatic rings. The van der Waals surface area contributed by atoms with Crippen LogP contribution in [0.3, 0.4) is 0 Å². The van der Waals surface area contributed by atoms with Gasteiger partial charge in [-0.2, -0.15) is 0 Å². The van der Waals surface area contributed by atoms with Crippen molar-refractivity contribution >= 4 is 11.3 Å². The van der Waals surface area contributed by atoms with Gasteiger partial charge in [-0.25, -0.2) is 0 Å². The van der Waals surface area contributed by atoms with E-state index in [2.05, 4.69) is 55.4 Å². The lowest BCUT2D eigenvalue weighted by molar-refractivity contribution is 0.189. The first-order chi connectivity index (χ1) is 9.08. The predicted molar refractivity (Wildman–Crippen MR) is 84.7 cm³/mol. The van der Waals surface area contributed by atoms with Crippen LogP contribution in [0, 0.1) is 11.8 Å². The van der Waals surface area contributed by atoms with Crippen LogP contribution in [0.4, 0.5) is 0 Å². The largest absolute Gasteiger partial charge is 0.314 e. The number of nitrogens with one attached hydrogen (secondary N) is 1. The fourth-order valence-electron chi connectivity index (χ4n) is 3.07. The SMILES string of the molecule is CC(C)NCC1CCN(C(c2cccs2)C(C)C)C1. The summed E-state index contributed by atoms with van der Waals surface area (Å²) < 4.78 is 0. The van der Waals surface area contributed by atoms with Gasteiger partial charge in [0.25, 0.3) is 0 Å². The molecular weight excluding hydrogens is 252 g/mol. The van der Waals surface area contributed by atoms with E-state index in [4.69, 9.17) is 0 Å². The summed E-state index contributed by atoms with van der Waals surface area (Å²) in [5.74, 6) is 1.51. The van der Waals surface area contributed by atoms with Crippen LogP contribution < -0.4 is 5.32 Å². The lowest BCUT2D eigenvalue weighted by atomic mass is 10.0. The Bertz CT molecular complexity index is 359. The Morgan fingerprint density at radius 1 is 1.37 bits per heavy atom. The van der Waals surface area contributed by atoms with Gasteiger partial charge >= 0.3 is 0 Å². The third-order valence-corrected chi connectivity index (χ3v) is 4.93. The fourth-order valence-corrected chi connectivity index (χ4v) is 4.11. The minimum atomic E-state index is 0.604. The van der Waals surface area contributed by atoms with Crippen molar-refractivity contribution < 1.29 is 0 Å². The molecule has 0 aliphatic carbocycles. The topological polar surface area (TPSA) is 15.3 Å². The second-order valence-corrected chi connectivity index (χ2v) is 7.40. The molecule has 1 N–H and O–H groups in total. The zero-order chi connectivity index (χ0) is 13.8. The van der Waals surface area contributed by atoms with E-state index < -0.39 is 0 Å². The Labute approximate surface area is 122 Å². The predicted octanol–water partition coefficient (Wildman–Crippen LogP) is 3.77. The Morgan fingerprint density at radius 3 is 2.74 bits per heavy atom. The summed E-state index contributed by atoms with van der Waals surface area (Å²) in [6.45, 7) is 12.8. The first-order valence-corrected chi connectivity index (χ1v) is 8.46. The molecule has 1 aliphatic heterocycles. The van der Waals surface area contributed by atoms with Gasteiger partial charge in [0.15, 0.2) is 0 Å². The van der Waals surface area contributed by atoms with Gasteiger partial charge in [-0.15, -0.1) is 11.3 Å². The Kier molecular flexibility index (Phi) is 5.43. The van der Waals surface area contributed by atoms with Crippen LogP contribution in [-0.2, 0) is 0 Å². The summed E-state index contributed by atoms with van der Waals surface area (Å²) in [5.41, 5.74) is 0. The highest BCUT2D eigenvalue weighted by molar-refractivity contribution is 7.10. The molecule has 0 radical (unpaired) electrons. The first kappa shape index (κ1) is 15.0. The number of likely N-dealkylation sites (tertiary alicyclic amines) is 1. The molecule has 0 spiro atoms. The van der Waals surface area contributed by atoms with Crippen molar-refractivity contribution in [1.82, 2.24) is 10.2 Å². The van der Waals surface area contributed by atoms with Crippen molar-refractivity contribution in [2.24, 2.45) is 11.8 Å². The maximum atomic E-state index is 3.59. The Morgan fingerprint density at radius 2 is 2.16 bits per heavy atom. The van der Waals surface area contributed by atoms with E-state index in [0.29, 0.717) is 18.0 Å². The Hall–Kier alpha value is -0.380. The van der Waals surface area contributed by atoms with Crippen molar-refractivity contribution in [2.75, 3.05) is 19.6 Å². The van der Waals surface area contributed by atoms with E-state index in [0.717, 1.165) is 5.92 Å². The monoisotopic (exact) mass is 280 g/mol. The smallest absolute Gasteiger partial charge is 0.0464 e. The molecule has 2 nitrogen and oxygen atoms in total. The van der Waals surface area contributed by atoms with Crippen LogP contribution in [0.25, 0.3) is 0 Å². The second-order valence-electron chi connectivity index (χ2n) is 6.42. The van der Waals surface area contributed by atoms with Crippen LogP contribution in [0.1, 0.15) is 45.0 Å². The lowest BCUT2D eigenvalue weighted by Crippen LogP contribution is -2.33. The van der Waals surface area contributed by atoms with E-state index in [1.54, 1.807) is 0 Å². The van der Waals surface area contributed by atoms with Gasteiger partial charge in [0.2, 0.25) is 0 Å². The van der Waals surface area contributed by atoms with Gasteiger partial charge in [-0.3, -0.25) is 4.90 Å². The van der Waals surface area contributed by atoms with Crippen molar-refractivity contribution in [3.8, 4) is 0 Å². The number of nitrogens with zero attached hydrogens (tertiary/aromatic N) is 1. The van der Waals surface area contributed by atoms with E-state index in [1.807, 2.05) is 11.3 Å². The molecule has 1 aromatic heterocycles. The first-order valence-electron chi connectivity index (χ1n) is 7.58. The van der Waals surface area contributed by atoms with Crippen molar-refractivity contribution in [1.29, 1.82) is 0 Å². The molecule has 0 aromatic carbocycles. The van der Waals surface area contributed by atoms with Gasteiger partial charge in [0.1, 0.15) is 0 Å². The summed E-state index contributed by atoms with van der Waals surface area (Å²) in [5, 5.41) is 5.79. The van der Waals surface area contributed by atoms with Crippen LogP contribution >= 0.6 is 11.3 Å². The fraction of sp³-hybridized carbons (Fsp3) is 0.750. The minimum Gasteiger partial charge on any atom is -0.314 e. The number of hydrogen-bond donors (Lipinski definition) is 1. The van der Waals surface area contributed by atoms with Crippen molar-refractivity contribution in [3.63, 3.8) is 0 Å². The normalized spacial score (nSPS) is 22.5. The average Bonchev–Trinajstić information content (AvgIpc) is 2.98. The van der Waals surface area contributed by atoms with Crippen LogP contribution in [0.2, 0.25) is 0 Å². The third-order valence-electron chi connectivity index (χ3n) is 3.99. The molecule has 0 bridgehead atoms. The lowest BCUT2D eigenvalue weighted by Gasteiger charge is -2.30. The molecule has 2 atom stereocenters. The summed E-state index contributed by atoms with van der Waals surface area (Å²) in [4.78, 5) is 4.23. The number of hydrogen-bond acceptors (Lipinski definition) is 3. The Balaban J connectivity index is 1.94. The van der Waals surface area contributed by atoms with Gasteiger partial charge in [0, 0.05) is 23.5 Å². The van der Waals surface area contributed by atoms with Crippen LogP contribution in [-0.4, -0.2) is 30.6 Å². The van der Waals surface area contributed by atoms with Crippen LogP contribution in [0.15, 0.2) is 17.5 Å². The summed E-state index contributed by atoms with van der Waals surface area (Å²) in [6.07, 6.45) is 1.34. The van der Waals surface area contributed by atoms with Crippen molar-refractivity contribution in [2.45, 2.75) is 46.2 Å². The van der Waals surface area contributed by atoms with E-state index in [9.17, 15) is 0 Å². The molecule has 0 saturated carbocycles. The molecule has 2 unspecified atom stereocenters. The minimum absolute atomic E-state index is 0.604. The molecule has 19 heavy (non-hydrogen) atoms. The van der Waals surface area contributed by atoms with E-state index >= 15 is 0 Å². The number of thiophene rings is 1. The standard InChI is InChI=1S/C16H28N2S/c1-12(2)16(15-6-5-9-19-15)18-8-7-14(11-18)10-17-13(3)4/h5-6,9,12-14,16-17H,7-8,10-11H2,1-4H3. The van der Waals surface area contributed by atoms with E-state index in [-0.39, 0.29) is 0 Å². The quantitative estimate of drug-likeness (QED) is 0.853. The maximum absolute atomic E-state index is 3.59. The molecule has 1 aromatic rings. The second kappa shape index (κ2) is 6.87. The van der Waals surface area contributed by atoms with Gasteiger partial charge in [-0.05, 0) is 42.8 Å². The van der Waals surface area contributed by atoms with Gasteiger partial charge in [-0.1, -0.05) is 33.8 Å². The molecule has 1 fully saturated rings. The molecule has 2 heterocycles. The molecule has 0 amide bonds. The highest BCUT2D eigenvalue weighted by Gasteiger charge is 2.31. The molecule has 2 rings (SSSR count). The average molecular weight is 280 g/mol. The molecular formula is C16H28N2S. The maximum Gasteiger partial charge on any atom is 0.0464 e. The van der Waals surface area contributed by atoms with E-state index in [1.165, 1.54) is 30.9 Å².